The van der Waals surface area contributed by atoms with Crippen molar-refractivity contribution in [1.29, 1.82) is 0 Å². The Morgan fingerprint density at radius 2 is 1.87 bits per heavy atom. The molecule has 3 N–H and O–H groups in total. The van der Waals surface area contributed by atoms with E-state index in [-0.39, 0.29) is 11.8 Å². The Morgan fingerprint density at radius 3 is 2.40 bits per heavy atom. The summed E-state index contributed by atoms with van der Waals surface area (Å²) in [6.45, 7) is 10.0. The van der Waals surface area contributed by atoms with Crippen molar-refractivity contribution in [3.05, 3.63) is 23.8 Å². The molecule has 0 aliphatic carbocycles. The summed E-state index contributed by atoms with van der Waals surface area (Å²) in [6, 6.07) is 5.28. The van der Waals surface area contributed by atoms with Crippen LogP contribution < -0.4 is 15.4 Å². The molecule has 0 aliphatic heterocycles. The van der Waals surface area contributed by atoms with E-state index < -0.39 is 23.7 Å². The minimum Gasteiger partial charge on any atom is -0.496 e. The van der Waals surface area contributed by atoms with Gasteiger partial charge >= 0.3 is 12.1 Å². The van der Waals surface area contributed by atoms with Crippen molar-refractivity contribution in [2.75, 3.05) is 24.9 Å². The van der Waals surface area contributed by atoms with E-state index in [2.05, 4.69) is 10.6 Å². The van der Waals surface area contributed by atoms with Gasteiger partial charge in [-0.05, 0) is 62.8 Å². The van der Waals surface area contributed by atoms with Gasteiger partial charge in [0.25, 0.3) is 0 Å². The molecule has 8 heteroatoms. The van der Waals surface area contributed by atoms with Gasteiger partial charge in [-0.1, -0.05) is 13.8 Å². The average molecular weight is 443 g/mol. The average Bonchev–Trinajstić information content (AvgIpc) is 2.56. The number of hydrogen-bond acceptors (Lipinski definition) is 5. The molecule has 1 aromatic carbocycles. The normalized spacial score (nSPS) is 12.8. The third-order valence-electron chi connectivity index (χ3n) is 4.31. The molecular weight excluding hydrogens is 408 g/mol. The van der Waals surface area contributed by atoms with Crippen molar-refractivity contribution < 1.29 is 24.2 Å². The number of nitrogens with one attached hydrogen (secondary N) is 2. The van der Waals surface area contributed by atoms with Gasteiger partial charge in [0.15, 0.2) is 0 Å². The zero-order valence-electron chi connectivity index (χ0n) is 18.8. The van der Waals surface area contributed by atoms with Crippen molar-refractivity contribution in [3.8, 4) is 5.75 Å². The van der Waals surface area contributed by atoms with Crippen LogP contribution in [0.4, 0.5) is 10.5 Å². The first-order chi connectivity index (χ1) is 13.8. The molecule has 0 radical (unpaired) electrons. The number of carboxylic acid groups (broad SMARTS) is 1. The third kappa shape index (κ3) is 10.1. The molecule has 30 heavy (non-hydrogen) atoms. The highest BCUT2D eigenvalue weighted by Crippen LogP contribution is 2.33. The van der Waals surface area contributed by atoms with Crippen molar-refractivity contribution in [2.24, 2.45) is 5.41 Å². The highest BCUT2D eigenvalue weighted by molar-refractivity contribution is 6.18. The van der Waals surface area contributed by atoms with E-state index in [0.29, 0.717) is 25.3 Å². The van der Waals surface area contributed by atoms with Gasteiger partial charge in [0, 0.05) is 24.2 Å². The number of hydrogen-bond donors (Lipinski definition) is 3. The van der Waals surface area contributed by atoms with E-state index in [1.165, 1.54) is 0 Å². The summed E-state index contributed by atoms with van der Waals surface area (Å²) >= 11 is 5.76. The zero-order valence-corrected chi connectivity index (χ0v) is 19.6. The van der Waals surface area contributed by atoms with Gasteiger partial charge in [-0.25, -0.2) is 4.79 Å². The second kappa shape index (κ2) is 11.3. The molecule has 0 heterocycles. The monoisotopic (exact) mass is 442 g/mol. The van der Waals surface area contributed by atoms with Gasteiger partial charge in [-0.15, -0.1) is 11.6 Å². The lowest BCUT2D eigenvalue weighted by atomic mass is 9.79. The van der Waals surface area contributed by atoms with E-state index in [1.807, 2.05) is 32.0 Å². The first-order valence-corrected chi connectivity index (χ1v) is 10.6. The van der Waals surface area contributed by atoms with Crippen LogP contribution in [0.5, 0.6) is 5.75 Å². The second-order valence-corrected chi connectivity index (χ2v) is 9.51. The molecule has 170 valence electrons. The number of rotatable bonds is 11. The lowest BCUT2D eigenvalue weighted by Crippen LogP contribution is -2.42. The Labute approximate surface area is 184 Å². The summed E-state index contributed by atoms with van der Waals surface area (Å²) in [7, 11) is 1.62. The van der Waals surface area contributed by atoms with E-state index in [1.54, 1.807) is 27.9 Å². The van der Waals surface area contributed by atoms with Crippen molar-refractivity contribution in [1.82, 2.24) is 5.32 Å². The number of methoxy groups -OCH3 is 1. The first kappa shape index (κ1) is 25.9. The molecule has 7 nitrogen and oxygen atoms in total. The van der Waals surface area contributed by atoms with E-state index in [4.69, 9.17) is 21.1 Å². The van der Waals surface area contributed by atoms with Crippen LogP contribution in [-0.2, 0) is 16.0 Å². The number of ether oxygens (including phenoxy) is 2. The largest absolute Gasteiger partial charge is 0.496 e. The molecule has 1 aromatic rings. The summed E-state index contributed by atoms with van der Waals surface area (Å²) < 4.78 is 10.8. The maximum absolute atomic E-state index is 12.2. The number of halogens is 1. The van der Waals surface area contributed by atoms with E-state index >= 15 is 0 Å². The Bertz CT molecular complexity index is 716. The van der Waals surface area contributed by atoms with Gasteiger partial charge in [0.1, 0.15) is 11.4 Å². The number of carboxylic acids is 1. The third-order valence-corrected chi connectivity index (χ3v) is 4.50. The molecule has 0 unspecified atom stereocenters. The maximum atomic E-state index is 12.2. The van der Waals surface area contributed by atoms with Crippen LogP contribution in [0, 0.1) is 5.41 Å². The molecular formula is C22H35ClN2O5. The lowest BCUT2D eigenvalue weighted by Gasteiger charge is -2.31. The molecule has 0 bridgehead atoms. The van der Waals surface area contributed by atoms with Gasteiger partial charge in [-0.3, -0.25) is 4.79 Å². The van der Waals surface area contributed by atoms with E-state index in [0.717, 1.165) is 17.0 Å². The lowest BCUT2D eigenvalue weighted by molar-refractivity contribution is -0.137. The molecule has 0 aromatic heterocycles. The Hall–Kier alpha value is -2.15. The number of amides is 1. The number of anilines is 1. The predicted octanol–water partition coefficient (Wildman–Crippen LogP) is 4.67. The smallest absolute Gasteiger partial charge is 0.407 e. The highest BCUT2D eigenvalue weighted by Gasteiger charge is 2.29. The first-order valence-electron chi connectivity index (χ1n) is 10.0. The molecule has 0 aliphatic rings. The van der Waals surface area contributed by atoms with Gasteiger partial charge < -0.3 is 25.2 Å². The van der Waals surface area contributed by atoms with Crippen LogP contribution in [0.1, 0.15) is 53.0 Å². The summed E-state index contributed by atoms with van der Waals surface area (Å²) in [5.74, 6) is 0.283. The number of carbonyl (C=O) groups is 2. The van der Waals surface area contributed by atoms with Crippen molar-refractivity contribution in [3.63, 3.8) is 0 Å². The van der Waals surface area contributed by atoms with Crippen LogP contribution in [0.2, 0.25) is 0 Å². The molecule has 0 spiro atoms. The molecule has 0 fully saturated rings. The molecule has 1 atom stereocenters. The highest BCUT2D eigenvalue weighted by atomic mass is 35.5. The fourth-order valence-corrected chi connectivity index (χ4v) is 3.43. The fourth-order valence-electron chi connectivity index (χ4n) is 3.33. The molecule has 1 amide bonds. The number of benzene rings is 1. The molecule has 0 saturated carbocycles. The van der Waals surface area contributed by atoms with Gasteiger partial charge in [0.2, 0.25) is 0 Å². The zero-order chi connectivity index (χ0) is 22.9. The minimum atomic E-state index is -0.975. The molecule has 0 saturated heterocycles. The number of carbonyl (C=O) groups excluding carboxylic acids is 1. The second-order valence-electron chi connectivity index (χ2n) is 9.13. The SMILES string of the molecule is COc1ccc(NCCCl)cc1CC(C)(C)C[C@@H](CC(=O)O)NC(=O)OC(C)(C)C. The fraction of sp³-hybridized carbons (Fsp3) is 0.636. The predicted molar refractivity (Wildman–Crippen MR) is 120 cm³/mol. The molecule has 1 rings (SSSR count). The summed E-state index contributed by atoms with van der Waals surface area (Å²) in [6.07, 6.45) is 0.297. The standard InChI is InChI=1S/C22H35ClN2O5/c1-21(2,3)30-20(28)25-17(12-19(26)27)14-22(4,5)13-15-11-16(24-10-9-23)7-8-18(15)29-6/h7-8,11,17,24H,9-10,12-14H2,1-6H3,(H,25,28)(H,26,27)/t17-/m1/s1. The Kier molecular flexibility index (Phi) is 9.75. The number of alkyl halides is 1. The minimum absolute atomic E-state index is 0.183. The number of alkyl carbamates (subject to hydrolysis) is 1. The van der Waals surface area contributed by atoms with Gasteiger partial charge in [0.05, 0.1) is 13.5 Å². The summed E-state index contributed by atoms with van der Waals surface area (Å²) in [5.41, 5.74) is 0.967. The van der Waals surface area contributed by atoms with Crippen LogP contribution in [0.25, 0.3) is 0 Å². The van der Waals surface area contributed by atoms with Crippen LogP contribution in [0.15, 0.2) is 18.2 Å². The van der Waals surface area contributed by atoms with Crippen molar-refractivity contribution >= 4 is 29.4 Å². The van der Waals surface area contributed by atoms with Crippen LogP contribution >= 0.6 is 11.6 Å². The van der Waals surface area contributed by atoms with Crippen molar-refractivity contribution in [2.45, 2.75) is 65.5 Å². The Balaban J connectivity index is 2.96. The number of aliphatic carboxylic acids is 1. The maximum Gasteiger partial charge on any atom is 0.407 e. The quantitative estimate of drug-likeness (QED) is 0.431. The topological polar surface area (TPSA) is 96.9 Å². The van der Waals surface area contributed by atoms with E-state index in [9.17, 15) is 14.7 Å². The van der Waals surface area contributed by atoms with Crippen LogP contribution in [-0.4, -0.2) is 48.3 Å². The van der Waals surface area contributed by atoms with Gasteiger partial charge in [-0.2, -0.15) is 0 Å². The summed E-state index contributed by atoms with van der Waals surface area (Å²) in [4.78, 5) is 23.5. The Morgan fingerprint density at radius 1 is 1.20 bits per heavy atom. The summed E-state index contributed by atoms with van der Waals surface area (Å²) in [5, 5.41) is 15.2. The van der Waals surface area contributed by atoms with Crippen LogP contribution in [0.3, 0.4) is 0 Å².